The average Bonchev–Trinajstić information content (AvgIpc) is 3.74. The average molecular weight is 809 g/mol. The van der Waals surface area contributed by atoms with Gasteiger partial charge in [-0.2, -0.15) is 13.2 Å². The van der Waals surface area contributed by atoms with E-state index in [1.807, 2.05) is 56.4 Å². The molecule has 0 aliphatic rings. The van der Waals surface area contributed by atoms with Crippen molar-refractivity contribution in [1.82, 2.24) is 9.97 Å². The van der Waals surface area contributed by atoms with Crippen molar-refractivity contribution in [2.75, 3.05) is 0 Å². The monoisotopic (exact) mass is 806 g/mol. The van der Waals surface area contributed by atoms with Gasteiger partial charge >= 0.3 is 6.18 Å². The minimum atomic E-state index is -4.33. The van der Waals surface area contributed by atoms with Crippen LogP contribution in [0.3, 0.4) is 0 Å². The molecule has 1 aromatic carbocycles. The third-order valence-corrected chi connectivity index (χ3v) is 10.8. The van der Waals surface area contributed by atoms with Gasteiger partial charge in [0.25, 0.3) is 0 Å². The van der Waals surface area contributed by atoms with Crippen LogP contribution in [-0.2, 0) is 6.18 Å². The first-order valence-corrected chi connectivity index (χ1v) is 18.5. The van der Waals surface area contributed by atoms with E-state index >= 15 is 0 Å². The Balaban J connectivity index is 0.000000209. The summed E-state index contributed by atoms with van der Waals surface area (Å²) in [4.78, 5) is 13.8. The standard InChI is InChI=1S/C9H7ClS.C8H7NS.C7H6F3N.C5H4Cl2S.C5H5ClS.CH4/c1-6-4-7-2-3-8(10)5-9(7)11-6;1-6-5-7-3-2-4-9-8(7)10-6;1-5-3-2-4-6(11-5)7(8,9)10;1-3-2-4(6)5(7)8-3;1-4-2-3-5(6)7-4;/h2-5H,1H3;2-5H,1H3;2-4H,1H3;2H,1H3;2-3H,1H3;1H4. The normalized spacial score (nSPS) is 10.3. The van der Waals surface area contributed by atoms with Crippen LogP contribution in [0.2, 0.25) is 18.7 Å². The summed E-state index contributed by atoms with van der Waals surface area (Å²) in [7, 11) is 0. The summed E-state index contributed by atoms with van der Waals surface area (Å²) in [6.07, 6.45) is -2.50. The minimum Gasteiger partial charge on any atom is -0.249 e. The highest BCUT2D eigenvalue weighted by atomic mass is 35.5. The molecule has 0 N–H and O–H groups in total. The summed E-state index contributed by atoms with van der Waals surface area (Å²) < 4.78 is 38.5. The quantitative estimate of drug-likeness (QED) is 0.153. The highest BCUT2D eigenvalue weighted by Gasteiger charge is 2.32. The summed E-state index contributed by atoms with van der Waals surface area (Å²) in [5.74, 6) is 0. The zero-order chi connectivity index (χ0) is 34.7. The van der Waals surface area contributed by atoms with Crippen molar-refractivity contribution >= 4 is 112 Å². The second-order valence-corrected chi connectivity index (χ2v) is 16.9. The maximum absolute atomic E-state index is 11.9. The number of aryl methyl sites for hydroxylation is 5. The van der Waals surface area contributed by atoms with Crippen molar-refractivity contribution in [2.45, 2.75) is 48.2 Å². The van der Waals surface area contributed by atoms with E-state index in [4.69, 9.17) is 46.4 Å². The summed E-state index contributed by atoms with van der Waals surface area (Å²) in [6, 6.07) is 24.0. The van der Waals surface area contributed by atoms with Crippen LogP contribution < -0.4 is 0 Å². The highest BCUT2D eigenvalue weighted by Crippen LogP contribution is 2.31. The SMILES string of the molecule is C.Cc1cc(Cl)c(Cl)s1.Cc1cc2ccc(Cl)cc2s1.Cc1cc2cccnc2s1.Cc1ccc(Cl)s1.Cc1cccc(C(F)(F)F)n1. The van der Waals surface area contributed by atoms with E-state index in [2.05, 4.69) is 48.1 Å². The summed E-state index contributed by atoms with van der Waals surface area (Å²) in [5.41, 5.74) is -0.461. The number of nitrogens with zero attached hydrogens (tertiary/aromatic N) is 2. The molecule has 0 aliphatic heterocycles. The van der Waals surface area contributed by atoms with E-state index in [1.54, 1.807) is 34.0 Å². The predicted octanol–water partition coefficient (Wildman–Crippen LogP) is 15.6. The summed E-state index contributed by atoms with van der Waals surface area (Å²) in [5, 5.41) is 4.02. The van der Waals surface area contributed by atoms with Gasteiger partial charge in [0.2, 0.25) is 0 Å². The van der Waals surface area contributed by atoms with Gasteiger partial charge in [0.05, 0.1) is 9.36 Å². The number of thiophene rings is 4. The Labute approximate surface area is 315 Å². The molecular formula is C35H33Cl4F3N2S4. The topological polar surface area (TPSA) is 25.8 Å². The Bertz CT molecular complexity index is 1940. The third-order valence-electron chi connectivity index (χ3n) is 5.68. The first kappa shape index (κ1) is 42.0. The first-order valence-electron chi connectivity index (χ1n) is 13.7. The molecule has 6 heterocycles. The van der Waals surface area contributed by atoms with Crippen molar-refractivity contribution in [3.05, 3.63) is 135 Å². The van der Waals surface area contributed by atoms with Gasteiger partial charge in [-0.25, -0.2) is 9.97 Å². The van der Waals surface area contributed by atoms with Gasteiger partial charge in [0.1, 0.15) is 14.9 Å². The number of hydrogen-bond acceptors (Lipinski definition) is 6. The second kappa shape index (κ2) is 19.8. The molecule has 0 amide bonds. The first-order chi connectivity index (χ1) is 22.1. The molecule has 0 radical (unpaired) electrons. The summed E-state index contributed by atoms with van der Waals surface area (Å²) in [6.45, 7) is 9.75. The van der Waals surface area contributed by atoms with Crippen LogP contribution in [0.4, 0.5) is 13.2 Å². The molecule has 48 heavy (non-hydrogen) atoms. The van der Waals surface area contributed by atoms with Crippen molar-refractivity contribution in [1.29, 1.82) is 0 Å². The molecule has 0 bridgehead atoms. The second-order valence-electron chi connectivity index (χ2n) is 9.78. The fraction of sp³-hybridized carbons (Fsp3) is 0.200. The Morgan fingerprint density at radius 2 is 1.29 bits per heavy atom. The zero-order valence-corrected chi connectivity index (χ0v) is 32.0. The fourth-order valence-electron chi connectivity index (χ4n) is 3.70. The number of hydrogen-bond donors (Lipinski definition) is 0. The molecule has 256 valence electrons. The largest absolute Gasteiger partial charge is 0.433 e. The lowest BCUT2D eigenvalue weighted by atomic mass is 10.2. The highest BCUT2D eigenvalue weighted by molar-refractivity contribution is 7.19. The molecule has 0 aliphatic carbocycles. The molecule has 7 rings (SSSR count). The van der Waals surface area contributed by atoms with Crippen LogP contribution in [0.5, 0.6) is 0 Å². The number of benzene rings is 1. The number of alkyl halides is 3. The maximum atomic E-state index is 11.9. The van der Waals surface area contributed by atoms with E-state index < -0.39 is 11.9 Å². The predicted molar refractivity (Wildman–Crippen MR) is 210 cm³/mol. The Morgan fingerprint density at radius 3 is 1.77 bits per heavy atom. The van der Waals surface area contributed by atoms with Crippen molar-refractivity contribution in [2.24, 2.45) is 0 Å². The smallest absolute Gasteiger partial charge is 0.249 e. The third kappa shape index (κ3) is 14.3. The van der Waals surface area contributed by atoms with Crippen LogP contribution in [-0.4, -0.2) is 9.97 Å². The van der Waals surface area contributed by atoms with Crippen LogP contribution in [0.1, 0.15) is 38.3 Å². The van der Waals surface area contributed by atoms with Crippen molar-refractivity contribution < 1.29 is 13.2 Å². The minimum absolute atomic E-state index is 0. The molecule has 0 saturated heterocycles. The molecule has 7 aromatic rings. The van der Waals surface area contributed by atoms with E-state index in [9.17, 15) is 13.2 Å². The van der Waals surface area contributed by atoms with Crippen LogP contribution in [0, 0.1) is 34.6 Å². The van der Waals surface area contributed by atoms with Gasteiger partial charge in [-0.3, -0.25) is 0 Å². The number of pyridine rings is 2. The fourth-order valence-corrected chi connectivity index (χ4v) is 8.13. The Hall–Kier alpha value is -2.21. The van der Waals surface area contributed by atoms with Crippen LogP contribution in [0.15, 0.2) is 85.1 Å². The molecule has 0 unspecified atom stereocenters. The van der Waals surface area contributed by atoms with Crippen LogP contribution >= 0.6 is 91.8 Å². The zero-order valence-electron chi connectivity index (χ0n) is 25.8. The lowest BCUT2D eigenvalue weighted by Gasteiger charge is -2.04. The van der Waals surface area contributed by atoms with Crippen molar-refractivity contribution in [3.8, 4) is 0 Å². The number of halogens is 7. The van der Waals surface area contributed by atoms with E-state index in [1.165, 1.54) is 60.5 Å². The molecule has 0 saturated carbocycles. The number of rotatable bonds is 0. The molecular weight excluding hydrogens is 775 g/mol. The number of fused-ring (bicyclic) bond motifs is 2. The van der Waals surface area contributed by atoms with E-state index in [-0.39, 0.29) is 7.43 Å². The Kier molecular flexibility index (Phi) is 17.3. The molecule has 6 aromatic heterocycles. The molecule has 0 fully saturated rings. The lowest BCUT2D eigenvalue weighted by Crippen LogP contribution is -2.07. The Morgan fingerprint density at radius 1 is 0.625 bits per heavy atom. The molecule has 13 heteroatoms. The van der Waals surface area contributed by atoms with Gasteiger partial charge in [-0.1, -0.05) is 72.0 Å². The van der Waals surface area contributed by atoms with Gasteiger partial charge in [-0.15, -0.1) is 45.3 Å². The van der Waals surface area contributed by atoms with E-state index in [0.717, 1.165) is 25.1 Å². The van der Waals surface area contributed by atoms with Gasteiger partial charge in [-0.05, 0) is 101 Å². The van der Waals surface area contributed by atoms with Crippen molar-refractivity contribution in [3.63, 3.8) is 0 Å². The molecule has 0 atom stereocenters. The summed E-state index contributed by atoms with van der Waals surface area (Å²) >= 11 is 29.3. The van der Waals surface area contributed by atoms with Gasteiger partial charge in [0.15, 0.2) is 0 Å². The van der Waals surface area contributed by atoms with E-state index in [0.29, 0.717) is 15.1 Å². The molecule has 0 spiro atoms. The van der Waals surface area contributed by atoms with Gasteiger partial charge in [0, 0.05) is 46.5 Å². The molecule has 2 nitrogen and oxygen atoms in total. The maximum Gasteiger partial charge on any atom is 0.433 e. The lowest BCUT2D eigenvalue weighted by molar-refractivity contribution is -0.141. The number of aromatic nitrogens is 2. The van der Waals surface area contributed by atoms with Gasteiger partial charge < -0.3 is 0 Å². The van der Waals surface area contributed by atoms with Crippen LogP contribution in [0.25, 0.3) is 20.3 Å².